The first kappa shape index (κ1) is 14.6. The Balaban J connectivity index is 2.46. The lowest BCUT2D eigenvalue weighted by Gasteiger charge is -2.23. The van der Waals surface area contributed by atoms with Crippen LogP contribution in [0.25, 0.3) is 0 Å². The Labute approximate surface area is 109 Å². The number of amides is 1. The Morgan fingerprint density at radius 3 is 2.78 bits per heavy atom. The summed E-state index contributed by atoms with van der Waals surface area (Å²) in [6, 6.07) is 1.82. The van der Waals surface area contributed by atoms with Crippen LogP contribution >= 0.6 is 0 Å². The predicted octanol–water partition coefficient (Wildman–Crippen LogP) is 2.48. The molecule has 0 fully saturated rings. The highest BCUT2D eigenvalue weighted by Gasteiger charge is 2.18. The van der Waals surface area contributed by atoms with E-state index in [-0.39, 0.29) is 11.3 Å². The van der Waals surface area contributed by atoms with E-state index in [1.807, 2.05) is 13.0 Å². The molecular weight excluding hydrogens is 226 g/mol. The fourth-order valence-electron chi connectivity index (χ4n) is 1.79. The molecule has 0 radical (unpaired) electrons. The minimum atomic E-state index is 0.0504. The maximum absolute atomic E-state index is 11.9. The van der Waals surface area contributed by atoms with Crippen LogP contribution in [0, 0.1) is 12.3 Å². The molecule has 1 rings (SSSR count). The number of aryl methyl sites for hydroxylation is 1. The third kappa shape index (κ3) is 4.84. The zero-order valence-electron chi connectivity index (χ0n) is 11.5. The predicted molar refractivity (Wildman–Crippen MR) is 74.3 cm³/mol. The smallest absolute Gasteiger partial charge is 0.224 e. The lowest BCUT2D eigenvalue weighted by molar-refractivity contribution is -0.116. The summed E-state index contributed by atoms with van der Waals surface area (Å²) in [4.78, 5) is 15.8. The highest BCUT2D eigenvalue weighted by atomic mass is 16.1. The van der Waals surface area contributed by atoms with Crippen LogP contribution in [-0.4, -0.2) is 17.4 Å². The molecule has 0 aliphatic heterocycles. The summed E-state index contributed by atoms with van der Waals surface area (Å²) in [5, 5.41) is 2.91. The van der Waals surface area contributed by atoms with Crippen LogP contribution in [0.2, 0.25) is 0 Å². The molecule has 18 heavy (non-hydrogen) atoms. The molecule has 0 aliphatic carbocycles. The standard InChI is InChI=1S/C14H23N3O/c1-11-10-16-9-5-12(11)17-13(18)4-6-14(2,3)7-8-15/h5,9-10H,4,6-8,15H2,1-3H3,(H,16,17,18). The van der Waals surface area contributed by atoms with Gasteiger partial charge in [-0.3, -0.25) is 9.78 Å². The SMILES string of the molecule is Cc1cnccc1NC(=O)CCC(C)(C)CCN. The molecule has 0 spiro atoms. The number of carbonyl (C=O) groups excluding carboxylic acids is 1. The second kappa shape index (κ2) is 6.50. The van der Waals surface area contributed by atoms with Crippen molar-refractivity contribution in [2.45, 2.75) is 40.0 Å². The summed E-state index contributed by atoms with van der Waals surface area (Å²) in [5.74, 6) is 0.0504. The summed E-state index contributed by atoms with van der Waals surface area (Å²) in [6.07, 6.45) is 5.73. The van der Waals surface area contributed by atoms with E-state index in [2.05, 4.69) is 24.1 Å². The van der Waals surface area contributed by atoms with E-state index in [4.69, 9.17) is 5.73 Å². The minimum absolute atomic E-state index is 0.0504. The van der Waals surface area contributed by atoms with E-state index in [9.17, 15) is 4.79 Å². The van der Waals surface area contributed by atoms with Gasteiger partial charge in [-0.1, -0.05) is 13.8 Å². The van der Waals surface area contributed by atoms with Gasteiger partial charge in [-0.05, 0) is 43.4 Å². The third-order valence-electron chi connectivity index (χ3n) is 3.14. The van der Waals surface area contributed by atoms with Gasteiger partial charge in [-0.15, -0.1) is 0 Å². The molecule has 4 heteroatoms. The molecule has 0 bridgehead atoms. The van der Waals surface area contributed by atoms with Crippen molar-refractivity contribution in [1.29, 1.82) is 0 Å². The monoisotopic (exact) mass is 249 g/mol. The molecule has 1 aromatic rings. The molecule has 1 aromatic heterocycles. The largest absolute Gasteiger partial charge is 0.330 e. The molecule has 0 aliphatic rings. The van der Waals surface area contributed by atoms with Crippen molar-refractivity contribution >= 4 is 11.6 Å². The topological polar surface area (TPSA) is 68.0 Å². The molecule has 0 atom stereocenters. The van der Waals surface area contributed by atoms with Crippen LogP contribution in [-0.2, 0) is 4.79 Å². The van der Waals surface area contributed by atoms with Gasteiger partial charge in [-0.2, -0.15) is 0 Å². The van der Waals surface area contributed by atoms with Gasteiger partial charge in [0.2, 0.25) is 5.91 Å². The van der Waals surface area contributed by atoms with E-state index >= 15 is 0 Å². The van der Waals surface area contributed by atoms with Crippen molar-refractivity contribution in [1.82, 2.24) is 4.98 Å². The lowest BCUT2D eigenvalue weighted by Crippen LogP contribution is -2.20. The Kier molecular flexibility index (Phi) is 5.28. The van der Waals surface area contributed by atoms with Crippen LogP contribution < -0.4 is 11.1 Å². The second-order valence-corrected chi connectivity index (χ2v) is 5.44. The third-order valence-corrected chi connectivity index (χ3v) is 3.14. The fraction of sp³-hybridized carbons (Fsp3) is 0.571. The molecule has 0 saturated carbocycles. The van der Waals surface area contributed by atoms with Crippen LogP contribution in [0.4, 0.5) is 5.69 Å². The van der Waals surface area contributed by atoms with Gasteiger partial charge in [0.05, 0.1) is 0 Å². The highest BCUT2D eigenvalue weighted by Crippen LogP contribution is 2.26. The summed E-state index contributed by atoms with van der Waals surface area (Å²) >= 11 is 0. The Bertz CT molecular complexity index is 402. The number of nitrogens with one attached hydrogen (secondary N) is 1. The van der Waals surface area contributed by atoms with Gasteiger partial charge in [0, 0.05) is 24.5 Å². The number of nitrogens with zero attached hydrogens (tertiary/aromatic N) is 1. The van der Waals surface area contributed by atoms with Gasteiger partial charge in [0.25, 0.3) is 0 Å². The maximum Gasteiger partial charge on any atom is 0.224 e. The molecule has 0 saturated heterocycles. The summed E-state index contributed by atoms with van der Waals surface area (Å²) in [5.41, 5.74) is 7.50. The van der Waals surface area contributed by atoms with Gasteiger partial charge in [-0.25, -0.2) is 0 Å². The molecule has 0 aromatic carbocycles. The molecule has 3 N–H and O–H groups in total. The van der Waals surface area contributed by atoms with Crippen molar-refractivity contribution in [3.63, 3.8) is 0 Å². The average molecular weight is 249 g/mol. The highest BCUT2D eigenvalue weighted by molar-refractivity contribution is 5.91. The fourth-order valence-corrected chi connectivity index (χ4v) is 1.79. The average Bonchev–Trinajstić information content (AvgIpc) is 2.30. The first-order valence-electron chi connectivity index (χ1n) is 6.35. The van der Waals surface area contributed by atoms with E-state index in [0.29, 0.717) is 13.0 Å². The van der Waals surface area contributed by atoms with Gasteiger partial charge < -0.3 is 11.1 Å². The maximum atomic E-state index is 11.9. The lowest BCUT2D eigenvalue weighted by atomic mass is 9.84. The first-order chi connectivity index (χ1) is 8.44. The van der Waals surface area contributed by atoms with Crippen LogP contribution in [0.5, 0.6) is 0 Å². The molecule has 4 nitrogen and oxygen atoms in total. The van der Waals surface area contributed by atoms with Crippen molar-refractivity contribution in [2.75, 3.05) is 11.9 Å². The summed E-state index contributed by atoms with van der Waals surface area (Å²) in [6.45, 7) is 6.88. The second-order valence-electron chi connectivity index (χ2n) is 5.44. The van der Waals surface area contributed by atoms with E-state index in [0.717, 1.165) is 24.1 Å². The van der Waals surface area contributed by atoms with Crippen molar-refractivity contribution < 1.29 is 4.79 Å². The minimum Gasteiger partial charge on any atom is -0.330 e. The number of nitrogens with two attached hydrogens (primary N) is 1. The van der Waals surface area contributed by atoms with Gasteiger partial charge >= 0.3 is 0 Å². The van der Waals surface area contributed by atoms with Crippen LogP contribution in [0.15, 0.2) is 18.5 Å². The van der Waals surface area contributed by atoms with E-state index in [1.165, 1.54) is 0 Å². The Hall–Kier alpha value is -1.42. The van der Waals surface area contributed by atoms with Crippen molar-refractivity contribution in [3.8, 4) is 0 Å². The quantitative estimate of drug-likeness (QED) is 0.814. The summed E-state index contributed by atoms with van der Waals surface area (Å²) < 4.78 is 0. The van der Waals surface area contributed by atoms with Gasteiger partial charge in [0.15, 0.2) is 0 Å². The number of hydrogen-bond acceptors (Lipinski definition) is 3. The number of hydrogen-bond donors (Lipinski definition) is 2. The molecule has 0 unspecified atom stereocenters. The first-order valence-corrected chi connectivity index (χ1v) is 6.35. The Morgan fingerprint density at radius 1 is 1.44 bits per heavy atom. The van der Waals surface area contributed by atoms with Crippen molar-refractivity contribution in [2.24, 2.45) is 11.1 Å². The Morgan fingerprint density at radius 2 is 2.17 bits per heavy atom. The van der Waals surface area contributed by atoms with Crippen LogP contribution in [0.1, 0.15) is 38.7 Å². The zero-order valence-corrected chi connectivity index (χ0v) is 11.5. The number of anilines is 1. The van der Waals surface area contributed by atoms with Crippen molar-refractivity contribution in [3.05, 3.63) is 24.0 Å². The zero-order chi connectivity index (χ0) is 13.6. The summed E-state index contributed by atoms with van der Waals surface area (Å²) in [7, 11) is 0. The van der Waals surface area contributed by atoms with Gasteiger partial charge in [0.1, 0.15) is 0 Å². The normalized spacial score (nSPS) is 11.3. The number of rotatable bonds is 6. The number of aromatic nitrogens is 1. The van der Waals surface area contributed by atoms with Crippen LogP contribution in [0.3, 0.4) is 0 Å². The van der Waals surface area contributed by atoms with E-state index < -0.39 is 0 Å². The van der Waals surface area contributed by atoms with E-state index in [1.54, 1.807) is 12.4 Å². The number of carbonyl (C=O) groups is 1. The molecule has 1 amide bonds. The molecular formula is C14H23N3O. The molecule has 100 valence electrons. The molecule has 1 heterocycles. The number of pyridine rings is 1.